The van der Waals surface area contributed by atoms with Gasteiger partial charge in [0.15, 0.2) is 5.82 Å². The number of carbonyl (C=O) groups is 2. The van der Waals surface area contributed by atoms with Gasteiger partial charge in [-0.25, -0.2) is 4.68 Å². The zero-order chi connectivity index (χ0) is 20.5. The minimum atomic E-state index is -0.854. The quantitative estimate of drug-likeness (QED) is 0.654. The van der Waals surface area contributed by atoms with Gasteiger partial charge < -0.3 is 10.1 Å². The topological polar surface area (TPSA) is 98.1 Å². The average molecular weight is 432 g/mol. The summed E-state index contributed by atoms with van der Waals surface area (Å²) in [4.78, 5) is 29.3. The first kappa shape index (κ1) is 19.2. The predicted octanol–water partition coefficient (Wildman–Crippen LogP) is 3.78. The molecule has 148 valence electrons. The molecule has 8 nitrogen and oxygen atoms in total. The van der Waals surface area contributed by atoms with E-state index in [-0.39, 0.29) is 18.3 Å². The summed E-state index contributed by atoms with van der Waals surface area (Å²) in [5.41, 5.74) is 1.19. The zero-order valence-corrected chi connectivity index (χ0v) is 16.7. The van der Waals surface area contributed by atoms with Gasteiger partial charge in [-0.3, -0.25) is 14.9 Å². The Kier molecular flexibility index (Phi) is 5.12. The minimum Gasteiger partial charge on any atom is -0.497 e. The van der Waals surface area contributed by atoms with Gasteiger partial charge in [0.25, 0.3) is 0 Å². The summed E-state index contributed by atoms with van der Waals surface area (Å²) < 4.78 is 6.56. The van der Waals surface area contributed by atoms with Crippen LogP contribution in [0.2, 0.25) is 10.0 Å². The van der Waals surface area contributed by atoms with E-state index in [1.165, 1.54) is 10.7 Å². The molecule has 2 N–H and O–H groups in total. The number of nitrogens with zero attached hydrogens (tertiary/aromatic N) is 3. The van der Waals surface area contributed by atoms with E-state index < -0.39 is 11.9 Å². The van der Waals surface area contributed by atoms with Gasteiger partial charge in [-0.2, -0.15) is 4.98 Å². The fourth-order valence-electron chi connectivity index (χ4n) is 2.93. The Balaban J connectivity index is 1.62. The number of aromatic nitrogens is 3. The molecule has 29 heavy (non-hydrogen) atoms. The van der Waals surface area contributed by atoms with E-state index in [1.807, 2.05) is 0 Å². The first-order valence-electron chi connectivity index (χ1n) is 8.61. The molecule has 0 fully saturated rings. The summed E-state index contributed by atoms with van der Waals surface area (Å²) in [5.74, 6) is 0.564. The second-order valence-corrected chi connectivity index (χ2v) is 7.13. The van der Waals surface area contributed by atoms with Crippen LogP contribution in [0.5, 0.6) is 5.75 Å². The highest BCUT2D eigenvalue weighted by atomic mass is 35.5. The van der Waals surface area contributed by atoms with Crippen molar-refractivity contribution in [2.24, 2.45) is 0 Å². The van der Waals surface area contributed by atoms with Gasteiger partial charge in [-0.1, -0.05) is 23.2 Å². The van der Waals surface area contributed by atoms with Crippen molar-refractivity contribution in [2.45, 2.75) is 12.5 Å². The van der Waals surface area contributed by atoms with Crippen LogP contribution >= 0.6 is 23.2 Å². The molecule has 0 radical (unpaired) electrons. The molecular formula is C19H15Cl2N5O3. The number of benzene rings is 2. The number of amides is 2. The monoisotopic (exact) mass is 431 g/mol. The van der Waals surface area contributed by atoms with Crippen molar-refractivity contribution < 1.29 is 14.3 Å². The van der Waals surface area contributed by atoms with Gasteiger partial charge in [-0.15, -0.1) is 5.10 Å². The highest BCUT2D eigenvalue weighted by molar-refractivity contribution is 6.42. The molecule has 0 bridgehead atoms. The molecule has 0 unspecified atom stereocenters. The number of methoxy groups -OCH3 is 1. The van der Waals surface area contributed by atoms with Crippen LogP contribution in [0.1, 0.15) is 12.5 Å². The van der Waals surface area contributed by atoms with Crippen LogP contribution < -0.4 is 15.4 Å². The molecule has 1 aliphatic heterocycles. The number of nitrogens with one attached hydrogen (secondary N) is 2. The van der Waals surface area contributed by atoms with Gasteiger partial charge in [0.2, 0.25) is 17.8 Å². The molecule has 0 spiro atoms. The van der Waals surface area contributed by atoms with Crippen molar-refractivity contribution in [3.8, 4) is 17.1 Å². The Labute approximate surface area is 175 Å². The molecule has 4 rings (SSSR count). The maximum atomic E-state index is 12.8. The zero-order valence-electron chi connectivity index (χ0n) is 15.1. The Morgan fingerprint density at radius 3 is 2.66 bits per heavy atom. The molecular weight excluding hydrogens is 417 g/mol. The third kappa shape index (κ3) is 3.90. The van der Waals surface area contributed by atoms with Crippen LogP contribution in [-0.4, -0.2) is 33.7 Å². The van der Waals surface area contributed by atoms with Crippen molar-refractivity contribution in [3.63, 3.8) is 0 Å². The van der Waals surface area contributed by atoms with Gasteiger partial charge >= 0.3 is 0 Å². The van der Waals surface area contributed by atoms with E-state index >= 15 is 0 Å². The number of halogens is 2. The SMILES string of the molecule is COc1ccc(-c2nc3n(n2)[C@@H](C(=O)Nc2ccc(Cl)c(Cl)c2)CC(=O)N3)cc1. The molecule has 3 aromatic rings. The van der Waals surface area contributed by atoms with Crippen molar-refractivity contribution in [2.75, 3.05) is 17.7 Å². The second kappa shape index (κ2) is 7.73. The lowest BCUT2D eigenvalue weighted by Gasteiger charge is -2.22. The number of hydrogen-bond acceptors (Lipinski definition) is 5. The standard InChI is InChI=1S/C19H15Cl2N5O3/c1-29-12-5-2-10(3-6-12)17-24-19-23-16(27)9-15(26(19)25-17)18(28)22-11-4-7-13(20)14(21)8-11/h2-8,15H,9H2,1H3,(H,22,28)(H,23,24,25,27)/t15-/m1/s1. The van der Waals surface area contributed by atoms with Gasteiger partial charge in [0, 0.05) is 11.3 Å². The Morgan fingerprint density at radius 1 is 1.21 bits per heavy atom. The maximum absolute atomic E-state index is 12.8. The van der Waals surface area contributed by atoms with Crippen LogP contribution in [0, 0.1) is 0 Å². The Hall–Kier alpha value is -3.10. The van der Waals surface area contributed by atoms with Crippen LogP contribution in [0.4, 0.5) is 11.6 Å². The van der Waals surface area contributed by atoms with E-state index in [0.29, 0.717) is 27.3 Å². The molecule has 0 saturated heterocycles. The summed E-state index contributed by atoms with van der Waals surface area (Å²) in [7, 11) is 1.58. The van der Waals surface area contributed by atoms with Crippen LogP contribution in [-0.2, 0) is 9.59 Å². The molecule has 0 saturated carbocycles. The van der Waals surface area contributed by atoms with E-state index in [0.717, 1.165) is 5.56 Å². The highest BCUT2D eigenvalue weighted by Crippen LogP contribution is 2.29. The lowest BCUT2D eigenvalue weighted by molar-refractivity contribution is -0.125. The fourth-order valence-corrected chi connectivity index (χ4v) is 3.23. The van der Waals surface area contributed by atoms with Gasteiger partial charge in [-0.05, 0) is 42.5 Å². The van der Waals surface area contributed by atoms with Crippen molar-refractivity contribution >= 4 is 46.7 Å². The number of ether oxygens (including phenoxy) is 1. The first-order chi connectivity index (χ1) is 13.9. The molecule has 1 aromatic heterocycles. The molecule has 2 heterocycles. The third-order valence-electron chi connectivity index (χ3n) is 4.39. The normalized spacial score (nSPS) is 15.4. The third-order valence-corrected chi connectivity index (χ3v) is 5.13. The Morgan fingerprint density at radius 2 is 1.97 bits per heavy atom. The number of hydrogen-bond donors (Lipinski definition) is 2. The molecule has 0 aliphatic carbocycles. The number of anilines is 2. The van der Waals surface area contributed by atoms with Crippen LogP contribution in [0.25, 0.3) is 11.4 Å². The lowest BCUT2D eigenvalue weighted by atomic mass is 10.1. The van der Waals surface area contributed by atoms with Gasteiger partial charge in [0.05, 0.1) is 23.6 Å². The van der Waals surface area contributed by atoms with Crippen molar-refractivity contribution in [3.05, 3.63) is 52.5 Å². The largest absolute Gasteiger partial charge is 0.497 e. The summed E-state index contributed by atoms with van der Waals surface area (Å²) in [6.07, 6.45) is -0.0639. The van der Waals surface area contributed by atoms with Crippen LogP contribution in [0.3, 0.4) is 0 Å². The highest BCUT2D eigenvalue weighted by Gasteiger charge is 2.33. The number of carbonyl (C=O) groups excluding carboxylic acids is 2. The van der Waals surface area contributed by atoms with E-state index in [1.54, 1.807) is 43.5 Å². The molecule has 1 atom stereocenters. The summed E-state index contributed by atoms with van der Waals surface area (Å²) in [5, 5.41) is 10.5. The first-order valence-corrected chi connectivity index (χ1v) is 9.37. The fraction of sp³-hybridized carbons (Fsp3) is 0.158. The molecule has 2 amide bonds. The molecule has 2 aromatic carbocycles. The summed E-state index contributed by atoms with van der Waals surface area (Å²) >= 11 is 11.9. The van der Waals surface area contributed by atoms with Crippen LogP contribution in [0.15, 0.2) is 42.5 Å². The van der Waals surface area contributed by atoms with E-state index in [9.17, 15) is 9.59 Å². The van der Waals surface area contributed by atoms with E-state index in [4.69, 9.17) is 27.9 Å². The second-order valence-electron chi connectivity index (χ2n) is 6.32. The Bertz CT molecular complexity index is 1100. The number of rotatable bonds is 4. The predicted molar refractivity (Wildman–Crippen MR) is 109 cm³/mol. The minimum absolute atomic E-state index is 0.0639. The lowest BCUT2D eigenvalue weighted by Crippen LogP contribution is -2.36. The van der Waals surface area contributed by atoms with E-state index in [2.05, 4.69) is 20.7 Å². The van der Waals surface area contributed by atoms with Crippen molar-refractivity contribution in [1.29, 1.82) is 0 Å². The van der Waals surface area contributed by atoms with Crippen molar-refractivity contribution in [1.82, 2.24) is 14.8 Å². The average Bonchev–Trinajstić information content (AvgIpc) is 3.14. The number of fused-ring (bicyclic) bond motifs is 1. The van der Waals surface area contributed by atoms with Gasteiger partial charge in [0.1, 0.15) is 11.8 Å². The molecule has 1 aliphatic rings. The maximum Gasteiger partial charge on any atom is 0.249 e. The summed E-state index contributed by atoms with van der Waals surface area (Å²) in [6, 6.07) is 11.0. The summed E-state index contributed by atoms with van der Waals surface area (Å²) in [6.45, 7) is 0. The smallest absolute Gasteiger partial charge is 0.249 e. The molecule has 10 heteroatoms.